The number of nitrogens with one attached hydrogen (secondary N) is 1. The quantitative estimate of drug-likeness (QED) is 0.691. The fourth-order valence-electron chi connectivity index (χ4n) is 3.08. The topological polar surface area (TPSA) is 46.9 Å². The number of aromatic nitrogens is 2. The molecule has 1 N–H and O–H groups in total. The summed E-state index contributed by atoms with van der Waals surface area (Å²) in [6.45, 7) is 5.70. The lowest BCUT2D eigenvalue weighted by Gasteiger charge is -2.15. The van der Waals surface area contributed by atoms with Crippen molar-refractivity contribution in [2.45, 2.75) is 33.2 Å². The molecule has 1 unspecified atom stereocenters. The van der Waals surface area contributed by atoms with Crippen LogP contribution >= 0.6 is 11.6 Å². The first kappa shape index (κ1) is 19.1. The first-order valence-corrected chi connectivity index (χ1v) is 9.09. The van der Waals surface area contributed by atoms with Gasteiger partial charge in [-0.1, -0.05) is 23.7 Å². The van der Waals surface area contributed by atoms with Crippen molar-refractivity contribution in [2.75, 3.05) is 0 Å². The highest BCUT2D eigenvalue weighted by Crippen LogP contribution is 2.20. The van der Waals surface area contributed by atoms with E-state index < -0.39 is 0 Å². The van der Waals surface area contributed by atoms with E-state index in [0.29, 0.717) is 5.02 Å². The van der Waals surface area contributed by atoms with Crippen LogP contribution in [0.15, 0.2) is 48.5 Å². The molecule has 6 heteroatoms. The molecule has 1 atom stereocenters. The van der Waals surface area contributed by atoms with Crippen molar-refractivity contribution >= 4 is 17.5 Å². The largest absolute Gasteiger partial charge is 0.349 e. The number of hydrogen-bond acceptors (Lipinski definition) is 2. The van der Waals surface area contributed by atoms with Gasteiger partial charge >= 0.3 is 0 Å². The average molecular weight is 386 g/mol. The maximum atomic E-state index is 13.2. The van der Waals surface area contributed by atoms with Gasteiger partial charge in [-0.15, -0.1) is 0 Å². The number of aryl methyl sites for hydroxylation is 1. The van der Waals surface area contributed by atoms with E-state index in [9.17, 15) is 9.18 Å². The Labute approximate surface area is 163 Å². The maximum Gasteiger partial charge on any atom is 0.225 e. The molecular formula is C21H21ClFN3O. The van der Waals surface area contributed by atoms with E-state index in [-0.39, 0.29) is 24.2 Å². The van der Waals surface area contributed by atoms with E-state index in [1.807, 2.05) is 39.0 Å². The minimum atomic E-state index is -0.296. The van der Waals surface area contributed by atoms with Crippen LogP contribution in [0.4, 0.5) is 4.39 Å². The molecule has 27 heavy (non-hydrogen) atoms. The van der Waals surface area contributed by atoms with Crippen molar-refractivity contribution in [3.63, 3.8) is 0 Å². The fourth-order valence-corrected chi connectivity index (χ4v) is 3.28. The molecule has 0 radical (unpaired) electrons. The summed E-state index contributed by atoms with van der Waals surface area (Å²) < 4.78 is 14.9. The summed E-state index contributed by atoms with van der Waals surface area (Å²) in [5.41, 5.74) is 4.23. The number of nitrogens with zero attached hydrogens (tertiary/aromatic N) is 2. The van der Waals surface area contributed by atoms with Gasteiger partial charge in [-0.3, -0.25) is 4.79 Å². The smallest absolute Gasteiger partial charge is 0.225 e. The van der Waals surface area contributed by atoms with Crippen molar-refractivity contribution in [1.82, 2.24) is 15.1 Å². The lowest BCUT2D eigenvalue weighted by Crippen LogP contribution is -2.28. The van der Waals surface area contributed by atoms with Crippen LogP contribution < -0.4 is 5.32 Å². The Balaban J connectivity index is 1.75. The number of amides is 1. The van der Waals surface area contributed by atoms with E-state index >= 15 is 0 Å². The van der Waals surface area contributed by atoms with Gasteiger partial charge in [0, 0.05) is 16.3 Å². The van der Waals surface area contributed by atoms with Crippen molar-refractivity contribution in [2.24, 2.45) is 0 Å². The van der Waals surface area contributed by atoms with Gasteiger partial charge < -0.3 is 5.32 Å². The molecule has 0 saturated carbocycles. The molecule has 1 aromatic heterocycles. The monoisotopic (exact) mass is 385 g/mol. The normalized spacial score (nSPS) is 12.0. The third-order valence-electron chi connectivity index (χ3n) is 4.58. The molecule has 0 saturated heterocycles. The molecule has 2 aromatic carbocycles. The van der Waals surface area contributed by atoms with Gasteiger partial charge in [0.1, 0.15) is 5.82 Å². The lowest BCUT2D eigenvalue weighted by atomic mass is 10.1. The molecule has 140 valence electrons. The second kappa shape index (κ2) is 7.92. The van der Waals surface area contributed by atoms with Crippen LogP contribution in [0.25, 0.3) is 5.69 Å². The SMILES string of the molecule is Cc1nn(-c2ccc(F)cc2)c(C)c1CC(=O)NC(C)c1cccc(Cl)c1. The Kier molecular flexibility index (Phi) is 5.61. The van der Waals surface area contributed by atoms with E-state index in [2.05, 4.69) is 10.4 Å². The zero-order valence-electron chi connectivity index (χ0n) is 15.5. The molecule has 4 nitrogen and oxygen atoms in total. The van der Waals surface area contributed by atoms with Gasteiger partial charge in [-0.25, -0.2) is 9.07 Å². The van der Waals surface area contributed by atoms with Crippen LogP contribution in [0, 0.1) is 19.7 Å². The van der Waals surface area contributed by atoms with Gasteiger partial charge in [0.15, 0.2) is 0 Å². The summed E-state index contributed by atoms with van der Waals surface area (Å²) >= 11 is 6.02. The van der Waals surface area contributed by atoms with Crippen molar-refractivity contribution in [3.8, 4) is 5.69 Å². The van der Waals surface area contributed by atoms with Gasteiger partial charge in [0.05, 0.1) is 23.8 Å². The lowest BCUT2D eigenvalue weighted by molar-refractivity contribution is -0.121. The van der Waals surface area contributed by atoms with Gasteiger partial charge in [-0.2, -0.15) is 5.10 Å². The van der Waals surface area contributed by atoms with E-state index in [4.69, 9.17) is 11.6 Å². The number of rotatable bonds is 5. The zero-order valence-corrected chi connectivity index (χ0v) is 16.2. The van der Waals surface area contributed by atoms with Crippen molar-refractivity contribution in [3.05, 3.63) is 81.9 Å². The Bertz CT molecular complexity index is 966. The summed E-state index contributed by atoms with van der Waals surface area (Å²) in [7, 11) is 0. The molecule has 0 aliphatic heterocycles. The zero-order chi connectivity index (χ0) is 19.6. The second-order valence-electron chi connectivity index (χ2n) is 6.56. The van der Waals surface area contributed by atoms with Crippen LogP contribution in [0.2, 0.25) is 5.02 Å². The van der Waals surface area contributed by atoms with Gasteiger partial charge in [-0.05, 0) is 62.7 Å². The van der Waals surface area contributed by atoms with Crippen LogP contribution in [0.3, 0.4) is 0 Å². The van der Waals surface area contributed by atoms with Crippen LogP contribution in [0.1, 0.15) is 35.5 Å². The molecule has 1 heterocycles. The summed E-state index contributed by atoms with van der Waals surface area (Å²) in [5.74, 6) is -0.387. The van der Waals surface area contributed by atoms with Crippen LogP contribution in [0.5, 0.6) is 0 Å². The number of benzene rings is 2. The first-order chi connectivity index (χ1) is 12.8. The average Bonchev–Trinajstić information content (AvgIpc) is 2.90. The Hall–Kier alpha value is -2.66. The molecule has 1 amide bonds. The number of halogens is 2. The molecule has 0 aliphatic rings. The van der Waals surface area contributed by atoms with E-state index in [1.54, 1.807) is 22.9 Å². The van der Waals surface area contributed by atoms with Crippen molar-refractivity contribution in [1.29, 1.82) is 0 Å². The highest BCUT2D eigenvalue weighted by atomic mass is 35.5. The van der Waals surface area contributed by atoms with Crippen LogP contribution in [-0.4, -0.2) is 15.7 Å². The molecule has 0 aliphatic carbocycles. The Morgan fingerprint density at radius 3 is 2.59 bits per heavy atom. The second-order valence-corrected chi connectivity index (χ2v) is 7.00. The maximum absolute atomic E-state index is 13.2. The van der Waals surface area contributed by atoms with E-state index in [1.165, 1.54) is 12.1 Å². The molecule has 0 spiro atoms. The fraction of sp³-hybridized carbons (Fsp3) is 0.238. The summed E-state index contributed by atoms with van der Waals surface area (Å²) in [5, 5.41) is 8.15. The predicted molar refractivity (Wildman–Crippen MR) is 105 cm³/mol. The standard InChI is InChI=1S/C21H21ClFN3O/c1-13(16-5-4-6-17(22)11-16)24-21(27)12-20-14(2)25-26(15(20)3)19-9-7-18(23)8-10-19/h4-11,13H,12H2,1-3H3,(H,24,27). The predicted octanol–water partition coefficient (Wildman–Crippen LogP) is 4.70. The molecule has 3 aromatic rings. The molecule has 0 bridgehead atoms. The highest BCUT2D eigenvalue weighted by molar-refractivity contribution is 6.30. The van der Waals surface area contributed by atoms with E-state index in [0.717, 1.165) is 28.2 Å². The molecule has 3 rings (SSSR count). The third kappa shape index (κ3) is 4.37. The number of carbonyl (C=O) groups excluding carboxylic acids is 1. The van der Waals surface area contributed by atoms with Crippen molar-refractivity contribution < 1.29 is 9.18 Å². The van der Waals surface area contributed by atoms with Crippen LogP contribution in [-0.2, 0) is 11.2 Å². The van der Waals surface area contributed by atoms with Gasteiger partial charge in [0.2, 0.25) is 5.91 Å². The minimum absolute atomic E-state index is 0.0904. The third-order valence-corrected chi connectivity index (χ3v) is 4.81. The number of hydrogen-bond donors (Lipinski definition) is 1. The molecule has 0 fully saturated rings. The summed E-state index contributed by atoms with van der Waals surface area (Å²) in [4.78, 5) is 12.5. The first-order valence-electron chi connectivity index (χ1n) is 8.71. The summed E-state index contributed by atoms with van der Waals surface area (Å²) in [6, 6.07) is 13.4. The Morgan fingerprint density at radius 1 is 1.22 bits per heavy atom. The summed E-state index contributed by atoms with van der Waals surface area (Å²) in [6.07, 6.45) is 0.226. The minimum Gasteiger partial charge on any atom is -0.349 e. The Morgan fingerprint density at radius 2 is 1.93 bits per heavy atom. The highest BCUT2D eigenvalue weighted by Gasteiger charge is 2.17. The molecular weight excluding hydrogens is 365 g/mol. The number of carbonyl (C=O) groups is 1. The van der Waals surface area contributed by atoms with Gasteiger partial charge in [0.25, 0.3) is 0 Å².